The fourth-order valence-corrected chi connectivity index (χ4v) is 6.05. The van der Waals surface area contributed by atoms with Crippen LogP contribution >= 0.6 is 69.8 Å². The molecule has 3 aromatic rings. The van der Waals surface area contributed by atoms with Gasteiger partial charge in [0.15, 0.2) is 0 Å². The van der Waals surface area contributed by atoms with E-state index in [1.165, 1.54) is 6.07 Å². The second-order valence-corrected chi connectivity index (χ2v) is 11.7. The van der Waals surface area contributed by atoms with Crippen molar-refractivity contribution in [1.82, 2.24) is 5.32 Å². The van der Waals surface area contributed by atoms with Crippen LogP contribution in [0.1, 0.15) is 27.6 Å². The lowest BCUT2D eigenvalue weighted by molar-refractivity contribution is -0.117. The number of furan rings is 1. The SMILES string of the molecule is O=C(NCCSCc1ccco1)c1cc(NC(=O)[C@H]2[C@H](c3cc(Cl)cc(Cl)c3)C2(Cl)Cl)ccc1Cl. The molecule has 0 spiro atoms. The van der Waals surface area contributed by atoms with Crippen molar-refractivity contribution < 1.29 is 14.0 Å². The Morgan fingerprint density at radius 2 is 1.77 bits per heavy atom. The summed E-state index contributed by atoms with van der Waals surface area (Å²) in [5.74, 6) is 0.366. The highest BCUT2D eigenvalue weighted by atomic mass is 35.5. The van der Waals surface area contributed by atoms with Crippen molar-refractivity contribution in [1.29, 1.82) is 0 Å². The maximum atomic E-state index is 13.0. The van der Waals surface area contributed by atoms with Crippen LogP contribution < -0.4 is 10.6 Å². The number of rotatable bonds is 9. The average molecular weight is 593 g/mol. The molecule has 0 radical (unpaired) electrons. The number of hydrogen-bond donors (Lipinski definition) is 2. The first-order valence-electron chi connectivity index (χ1n) is 10.5. The van der Waals surface area contributed by atoms with Gasteiger partial charge in [-0.3, -0.25) is 9.59 Å². The van der Waals surface area contributed by atoms with Crippen LogP contribution in [-0.4, -0.2) is 28.4 Å². The van der Waals surface area contributed by atoms with Crippen molar-refractivity contribution in [2.45, 2.75) is 16.0 Å². The molecule has 1 aromatic heterocycles. The maximum Gasteiger partial charge on any atom is 0.252 e. The highest BCUT2D eigenvalue weighted by Crippen LogP contribution is 2.65. The molecule has 1 heterocycles. The lowest BCUT2D eigenvalue weighted by Crippen LogP contribution is -2.26. The van der Waals surface area contributed by atoms with E-state index in [4.69, 9.17) is 62.4 Å². The van der Waals surface area contributed by atoms with Crippen LogP contribution in [0.15, 0.2) is 59.2 Å². The minimum atomic E-state index is -1.31. The largest absolute Gasteiger partial charge is 0.468 e. The summed E-state index contributed by atoms with van der Waals surface area (Å²) in [4.78, 5) is 25.6. The Hall–Kier alpha value is -1.54. The Bertz CT molecular complexity index is 1220. The molecule has 4 rings (SSSR count). The quantitative estimate of drug-likeness (QED) is 0.200. The first-order chi connectivity index (χ1) is 16.7. The van der Waals surface area contributed by atoms with Crippen LogP contribution in [-0.2, 0) is 10.5 Å². The Balaban J connectivity index is 1.35. The van der Waals surface area contributed by atoms with Crippen molar-refractivity contribution in [2.24, 2.45) is 5.92 Å². The van der Waals surface area contributed by atoms with Crippen molar-refractivity contribution in [3.63, 3.8) is 0 Å². The van der Waals surface area contributed by atoms with Crippen molar-refractivity contribution in [2.75, 3.05) is 17.6 Å². The number of nitrogens with one attached hydrogen (secondary N) is 2. The van der Waals surface area contributed by atoms with E-state index in [0.717, 1.165) is 11.5 Å². The monoisotopic (exact) mass is 590 g/mol. The van der Waals surface area contributed by atoms with Gasteiger partial charge in [-0.15, -0.1) is 23.2 Å². The summed E-state index contributed by atoms with van der Waals surface area (Å²) in [7, 11) is 0. The predicted octanol–water partition coefficient (Wildman–Crippen LogP) is 7.43. The average Bonchev–Trinajstić information content (AvgIpc) is 3.09. The van der Waals surface area contributed by atoms with E-state index in [2.05, 4.69) is 10.6 Å². The number of amides is 2. The van der Waals surface area contributed by atoms with Gasteiger partial charge in [-0.05, 0) is 54.1 Å². The molecule has 2 N–H and O–H groups in total. The molecule has 2 amide bonds. The molecular formula is C24H19Cl5N2O3S. The first kappa shape index (κ1) is 26.5. The number of halogens is 5. The molecule has 184 valence electrons. The lowest BCUT2D eigenvalue weighted by atomic mass is 10.1. The molecule has 2 atom stereocenters. The van der Waals surface area contributed by atoms with Gasteiger partial charge in [0.25, 0.3) is 5.91 Å². The van der Waals surface area contributed by atoms with Gasteiger partial charge in [0, 0.05) is 33.9 Å². The number of anilines is 1. The van der Waals surface area contributed by atoms with E-state index in [9.17, 15) is 9.59 Å². The van der Waals surface area contributed by atoms with Crippen LogP contribution in [0.25, 0.3) is 0 Å². The van der Waals surface area contributed by atoms with E-state index >= 15 is 0 Å². The number of carbonyl (C=O) groups is 2. The molecule has 5 nitrogen and oxygen atoms in total. The first-order valence-corrected chi connectivity index (χ1v) is 13.5. The van der Waals surface area contributed by atoms with E-state index in [0.29, 0.717) is 33.6 Å². The summed E-state index contributed by atoms with van der Waals surface area (Å²) in [6.45, 7) is 0.449. The van der Waals surface area contributed by atoms with Crippen LogP contribution in [0.5, 0.6) is 0 Å². The van der Waals surface area contributed by atoms with Gasteiger partial charge in [-0.1, -0.05) is 34.8 Å². The topological polar surface area (TPSA) is 71.3 Å². The number of hydrogen-bond acceptors (Lipinski definition) is 4. The van der Waals surface area contributed by atoms with Gasteiger partial charge in [-0.25, -0.2) is 0 Å². The number of benzene rings is 2. The van der Waals surface area contributed by atoms with Gasteiger partial charge < -0.3 is 15.1 Å². The second-order valence-electron chi connectivity index (χ2n) is 7.90. The molecule has 11 heteroatoms. The van der Waals surface area contributed by atoms with Crippen molar-refractivity contribution in [3.8, 4) is 0 Å². The van der Waals surface area contributed by atoms with Gasteiger partial charge in [-0.2, -0.15) is 11.8 Å². The number of thioether (sulfide) groups is 1. The summed E-state index contributed by atoms with van der Waals surface area (Å²) in [6.07, 6.45) is 1.63. The van der Waals surface area contributed by atoms with E-state index in [1.54, 1.807) is 48.4 Å². The molecule has 1 saturated carbocycles. The van der Waals surface area contributed by atoms with Crippen LogP contribution in [0, 0.1) is 5.92 Å². The second kappa shape index (κ2) is 11.2. The summed E-state index contributed by atoms with van der Waals surface area (Å²) in [5.41, 5.74) is 1.32. The van der Waals surface area contributed by atoms with Gasteiger partial charge in [0.1, 0.15) is 10.1 Å². The highest BCUT2D eigenvalue weighted by Gasteiger charge is 2.67. The summed E-state index contributed by atoms with van der Waals surface area (Å²) >= 11 is 32.9. The number of carbonyl (C=O) groups excluding carboxylic acids is 2. The van der Waals surface area contributed by atoms with Gasteiger partial charge >= 0.3 is 0 Å². The maximum absolute atomic E-state index is 13.0. The molecule has 1 fully saturated rings. The van der Waals surface area contributed by atoms with Crippen molar-refractivity contribution in [3.05, 3.63) is 86.7 Å². The smallest absolute Gasteiger partial charge is 0.252 e. The molecule has 1 aliphatic carbocycles. The fourth-order valence-electron chi connectivity index (χ4n) is 3.72. The standard InChI is InChI=1S/C24H19Cl5N2O3S/c25-14-8-13(9-15(26)10-14)20-21(24(20,28)29)23(33)31-16-3-4-19(27)18(11-16)22(32)30-5-7-35-12-17-2-1-6-34-17/h1-4,6,8-11,20-21H,5,7,12H2,(H,30,32)(H,31,33)/t20-,21+/m0/s1. The molecule has 1 aliphatic rings. The minimum absolute atomic E-state index is 0.248. The Kier molecular flexibility index (Phi) is 8.52. The fraction of sp³-hybridized carbons (Fsp3) is 0.250. The van der Waals surface area contributed by atoms with Crippen LogP contribution in [0.4, 0.5) is 5.69 Å². The molecular weight excluding hydrogens is 574 g/mol. The molecule has 0 saturated heterocycles. The minimum Gasteiger partial charge on any atom is -0.468 e. The molecule has 2 aromatic carbocycles. The number of alkyl halides is 2. The summed E-state index contributed by atoms with van der Waals surface area (Å²) < 4.78 is 3.97. The molecule has 0 aliphatic heterocycles. The summed E-state index contributed by atoms with van der Waals surface area (Å²) in [6, 6.07) is 13.4. The predicted molar refractivity (Wildman–Crippen MR) is 144 cm³/mol. The Labute approximate surface area is 231 Å². The molecule has 35 heavy (non-hydrogen) atoms. The zero-order valence-electron chi connectivity index (χ0n) is 18.0. The molecule has 0 unspecified atom stereocenters. The van der Waals surface area contributed by atoms with E-state index in [1.807, 2.05) is 12.1 Å². The third-order valence-corrected chi connectivity index (χ3v) is 8.10. The highest BCUT2D eigenvalue weighted by molar-refractivity contribution is 7.98. The Morgan fingerprint density at radius 1 is 1.03 bits per heavy atom. The van der Waals surface area contributed by atoms with Gasteiger partial charge in [0.2, 0.25) is 5.91 Å². The van der Waals surface area contributed by atoms with Crippen molar-refractivity contribution >= 4 is 87.3 Å². The van der Waals surface area contributed by atoms with E-state index < -0.39 is 16.2 Å². The Morgan fingerprint density at radius 3 is 2.46 bits per heavy atom. The van der Waals surface area contributed by atoms with Crippen LogP contribution in [0.2, 0.25) is 15.1 Å². The zero-order chi connectivity index (χ0) is 25.2. The normalized spacial score (nSPS) is 18.2. The van der Waals surface area contributed by atoms with Gasteiger partial charge in [0.05, 0.1) is 28.5 Å². The lowest BCUT2D eigenvalue weighted by Gasteiger charge is -2.10. The molecule has 0 bridgehead atoms. The third-order valence-electron chi connectivity index (χ3n) is 5.41. The van der Waals surface area contributed by atoms with E-state index in [-0.39, 0.29) is 22.4 Å². The zero-order valence-corrected chi connectivity index (χ0v) is 22.6. The van der Waals surface area contributed by atoms with Crippen LogP contribution in [0.3, 0.4) is 0 Å². The third kappa shape index (κ3) is 6.43. The summed E-state index contributed by atoms with van der Waals surface area (Å²) in [5, 5.41) is 6.73.